The van der Waals surface area contributed by atoms with Crippen molar-refractivity contribution in [1.82, 2.24) is 0 Å². The van der Waals surface area contributed by atoms with Crippen molar-refractivity contribution >= 4 is 77.1 Å². The lowest BCUT2D eigenvalue weighted by Gasteiger charge is -2.10. The molecule has 6 rings (SSSR count). The second-order valence-corrected chi connectivity index (χ2v) is 13.8. The number of thiophene rings is 3. The van der Waals surface area contributed by atoms with Gasteiger partial charge in [-0.25, -0.2) is 0 Å². The molecule has 0 atom stereocenters. The SMILES string of the molecule is C=C(SC(=C)c1ccc(C)s1)c1ccc2cc3cc(-c4ccc(-c5ccc(C)s5)s4)ccc3cc2c1. The fourth-order valence-corrected chi connectivity index (χ4v) is 8.01. The molecule has 0 N–H and O–H groups in total. The minimum atomic E-state index is 1.03. The molecule has 3 heterocycles. The van der Waals surface area contributed by atoms with Crippen LogP contribution in [0.4, 0.5) is 0 Å². The summed E-state index contributed by atoms with van der Waals surface area (Å²) in [6.45, 7) is 12.9. The third-order valence-electron chi connectivity index (χ3n) is 6.25. The van der Waals surface area contributed by atoms with Crippen molar-refractivity contribution in [2.75, 3.05) is 0 Å². The first-order valence-corrected chi connectivity index (χ1v) is 15.0. The molecular formula is C32H24S4. The van der Waals surface area contributed by atoms with Crippen LogP contribution in [0.15, 0.2) is 98.1 Å². The number of hydrogen-bond acceptors (Lipinski definition) is 4. The number of hydrogen-bond donors (Lipinski definition) is 0. The van der Waals surface area contributed by atoms with Gasteiger partial charge in [-0.2, -0.15) is 0 Å². The lowest BCUT2D eigenvalue weighted by molar-refractivity contribution is 1.64. The summed E-state index contributed by atoms with van der Waals surface area (Å²) < 4.78 is 0. The predicted octanol–water partition coefficient (Wildman–Crippen LogP) is 11.5. The van der Waals surface area contributed by atoms with Crippen LogP contribution in [-0.2, 0) is 0 Å². The van der Waals surface area contributed by atoms with Gasteiger partial charge in [0.1, 0.15) is 0 Å². The van der Waals surface area contributed by atoms with Crippen LogP contribution >= 0.6 is 45.8 Å². The Morgan fingerprint density at radius 3 is 1.92 bits per heavy atom. The molecule has 176 valence electrons. The number of rotatable bonds is 6. The Morgan fingerprint density at radius 1 is 0.556 bits per heavy atom. The Labute approximate surface area is 228 Å². The number of thioether (sulfide) groups is 1. The quantitative estimate of drug-likeness (QED) is 0.191. The summed E-state index contributed by atoms with van der Waals surface area (Å²) in [5.41, 5.74) is 2.42. The van der Waals surface area contributed by atoms with Crippen LogP contribution in [0.5, 0.6) is 0 Å². The van der Waals surface area contributed by atoms with E-state index in [1.807, 2.05) is 22.7 Å². The zero-order valence-corrected chi connectivity index (χ0v) is 23.4. The lowest BCUT2D eigenvalue weighted by atomic mass is 10.00. The highest BCUT2D eigenvalue weighted by atomic mass is 32.2. The van der Waals surface area contributed by atoms with Crippen LogP contribution < -0.4 is 0 Å². The summed E-state index contributed by atoms with van der Waals surface area (Å²) >= 11 is 7.16. The van der Waals surface area contributed by atoms with Crippen molar-refractivity contribution in [3.05, 3.63) is 118 Å². The van der Waals surface area contributed by atoms with Crippen LogP contribution in [0.25, 0.3) is 51.6 Å². The highest BCUT2D eigenvalue weighted by molar-refractivity contribution is 8.16. The van der Waals surface area contributed by atoms with E-state index >= 15 is 0 Å². The first-order valence-electron chi connectivity index (χ1n) is 11.7. The molecule has 0 unspecified atom stereocenters. The summed E-state index contributed by atoms with van der Waals surface area (Å²) in [6, 6.07) is 31.2. The van der Waals surface area contributed by atoms with Gasteiger partial charge in [-0.05, 0) is 107 Å². The maximum Gasteiger partial charge on any atom is 0.0449 e. The minimum absolute atomic E-state index is 1.03. The van der Waals surface area contributed by atoms with Gasteiger partial charge in [-0.15, -0.1) is 34.0 Å². The Morgan fingerprint density at radius 2 is 1.19 bits per heavy atom. The molecule has 0 saturated heterocycles. The molecule has 0 aliphatic rings. The summed E-state index contributed by atoms with van der Waals surface area (Å²) in [5, 5.41) is 5.00. The van der Waals surface area contributed by atoms with E-state index in [2.05, 4.69) is 112 Å². The fraction of sp³-hybridized carbons (Fsp3) is 0.0625. The van der Waals surface area contributed by atoms with E-state index in [0.29, 0.717) is 0 Å². The van der Waals surface area contributed by atoms with E-state index in [1.165, 1.54) is 56.4 Å². The Balaban J connectivity index is 1.28. The second kappa shape index (κ2) is 9.53. The molecule has 0 nitrogen and oxygen atoms in total. The molecule has 3 aromatic carbocycles. The number of benzene rings is 3. The Hall–Kier alpha value is -2.89. The molecule has 0 radical (unpaired) electrons. The van der Waals surface area contributed by atoms with Gasteiger partial charge in [-0.1, -0.05) is 49.2 Å². The van der Waals surface area contributed by atoms with E-state index in [9.17, 15) is 0 Å². The molecule has 0 spiro atoms. The van der Waals surface area contributed by atoms with Crippen molar-refractivity contribution in [1.29, 1.82) is 0 Å². The van der Waals surface area contributed by atoms with Crippen molar-refractivity contribution < 1.29 is 0 Å². The standard InChI is InChI=1S/C32H24S4/c1-19-5-11-29(33-19)22(4)35-21(3)23-7-8-24-17-28-18-26(10-9-25(28)16-27(24)15-23)30-13-14-32(36-30)31-12-6-20(2)34-31/h5-18H,3-4H2,1-2H3. The van der Waals surface area contributed by atoms with Crippen LogP contribution in [0.2, 0.25) is 0 Å². The molecule has 6 aromatic rings. The highest BCUT2D eigenvalue weighted by Crippen LogP contribution is 2.41. The number of aryl methyl sites for hydroxylation is 2. The third kappa shape index (κ3) is 4.62. The van der Waals surface area contributed by atoms with Crippen LogP contribution in [0, 0.1) is 13.8 Å². The Kier molecular flexibility index (Phi) is 6.22. The highest BCUT2D eigenvalue weighted by Gasteiger charge is 2.10. The van der Waals surface area contributed by atoms with Gasteiger partial charge in [0.25, 0.3) is 0 Å². The molecule has 3 aromatic heterocycles. The van der Waals surface area contributed by atoms with Crippen molar-refractivity contribution in [2.24, 2.45) is 0 Å². The maximum atomic E-state index is 4.35. The van der Waals surface area contributed by atoms with Crippen molar-refractivity contribution in [3.8, 4) is 20.2 Å². The maximum absolute atomic E-state index is 4.35. The molecular weight excluding hydrogens is 513 g/mol. The largest absolute Gasteiger partial charge is 0.140 e. The summed E-state index contributed by atoms with van der Waals surface area (Å²) in [5.74, 6) is 0. The van der Waals surface area contributed by atoms with Crippen molar-refractivity contribution in [2.45, 2.75) is 13.8 Å². The summed E-state index contributed by atoms with van der Waals surface area (Å²) in [7, 11) is 0. The summed E-state index contributed by atoms with van der Waals surface area (Å²) in [4.78, 5) is 9.94. The number of fused-ring (bicyclic) bond motifs is 2. The normalized spacial score (nSPS) is 11.4. The van der Waals surface area contributed by atoms with E-state index < -0.39 is 0 Å². The zero-order valence-electron chi connectivity index (χ0n) is 20.1. The van der Waals surface area contributed by atoms with Gasteiger partial charge in [-0.3, -0.25) is 0 Å². The predicted molar refractivity (Wildman–Crippen MR) is 168 cm³/mol. The molecule has 36 heavy (non-hydrogen) atoms. The van der Waals surface area contributed by atoms with Gasteiger partial charge < -0.3 is 0 Å². The average Bonchev–Trinajstić information content (AvgIpc) is 3.63. The fourth-order valence-electron chi connectivity index (χ4n) is 4.36. The Bertz CT molecular complexity index is 1770. The van der Waals surface area contributed by atoms with Gasteiger partial charge in [0.15, 0.2) is 0 Å². The van der Waals surface area contributed by atoms with Gasteiger partial charge in [0.2, 0.25) is 0 Å². The molecule has 0 bridgehead atoms. The van der Waals surface area contributed by atoms with Crippen LogP contribution in [0.3, 0.4) is 0 Å². The molecule has 4 heteroatoms. The van der Waals surface area contributed by atoms with E-state index in [0.717, 1.165) is 15.4 Å². The van der Waals surface area contributed by atoms with Crippen molar-refractivity contribution in [3.63, 3.8) is 0 Å². The summed E-state index contributed by atoms with van der Waals surface area (Å²) in [6.07, 6.45) is 0. The second-order valence-electron chi connectivity index (χ2n) is 8.91. The molecule has 0 aliphatic carbocycles. The van der Waals surface area contributed by atoms with E-state index in [1.54, 1.807) is 23.1 Å². The van der Waals surface area contributed by atoms with Gasteiger partial charge in [0.05, 0.1) is 0 Å². The third-order valence-corrected chi connectivity index (χ3v) is 10.7. The van der Waals surface area contributed by atoms with Gasteiger partial charge >= 0.3 is 0 Å². The van der Waals surface area contributed by atoms with Crippen LogP contribution in [-0.4, -0.2) is 0 Å². The van der Waals surface area contributed by atoms with E-state index in [4.69, 9.17) is 0 Å². The lowest BCUT2D eigenvalue weighted by Crippen LogP contribution is -1.83. The average molecular weight is 537 g/mol. The van der Waals surface area contributed by atoms with Gasteiger partial charge in [0, 0.05) is 39.1 Å². The molecule has 0 fully saturated rings. The topological polar surface area (TPSA) is 0 Å². The minimum Gasteiger partial charge on any atom is -0.140 e. The molecule has 0 amide bonds. The monoisotopic (exact) mass is 536 g/mol. The van der Waals surface area contributed by atoms with Crippen LogP contribution in [0.1, 0.15) is 20.2 Å². The zero-order chi connectivity index (χ0) is 24.8. The molecule has 0 saturated carbocycles. The smallest absolute Gasteiger partial charge is 0.0449 e. The first kappa shape index (κ1) is 23.5. The first-order chi connectivity index (χ1) is 17.4. The molecule has 0 aliphatic heterocycles. The van der Waals surface area contributed by atoms with E-state index in [-0.39, 0.29) is 0 Å².